The van der Waals surface area contributed by atoms with Crippen molar-refractivity contribution in [3.05, 3.63) is 46.4 Å². The van der Waals surface area contributed by atoms with Crippen molar-refractivity contribution in [2.24, 2.45) is 0 Å². The predicted molar refractivity (Wildman–Crippen MR) is 83.1 cm³/mol. The standard InChI is InChI=1S/C16H14BrNO2/c1-3-10-4-6-11(7-5-10)16-18-14-9-12(19-2)8-13(17)15(14)20-16/h4-9H,3H2,1-2H3. The second-order valence-corrected chi connectivity index (χ2v) is 5.38. The van der Waals surface area contributed by atoms with Crippen LogP contribution in [0.15, 0.2) is 45.3 Å². The van der Waals surface area contributed by atoms with Crippen LogP contribution in [0.25, 0.3) is 22.6 Å². The number of halogens is 1. The highest BCUT2D eigenvalue weighted by Crippen LogP contribution is 2.32. The lowest BCUT2D eigenvalue weighted by Gasteiger charge is -1.99. The van der Waals surface area contributed by atoms with Crippen LogP contribution in [-0.4, -0.2) is 12.1 Å². The number of hydrogen-bond donors (Lipinski definition) is 0. The molecular weight excluding hydrogens is 318 g/mol. The smallest absolute Gasteiger partial charge is 0.227 e. The van der Waals surface area contributed by atoms with E-state index in [2.05, 4.69) is 40.0 Å². The number of hydrogen-bond acceptors (Lipinski definition) is 3. The van der Waals surface area contributed by atoms with Gasteiger partial charge in [0.05, 0.1) is 11.6 Å². The van der Waals surface area contributed by atoms with Crippen molar-refractivity contribution in [2.75, 3.05) is 7.11 Å². The summed E-state index contributed by atoms with van der Waals surface area (Å²) in [6.45, 7) is 2.14. The first-order chi connectivity index (χ1) is 9.71. The van der Waals surface area contributed by atoms with Gasteiger partial charge in [0.1, 0.15) is 11.3 Å². The molecule has 0 aliphatic carbocycles. The number of nitrogens with zero attached hydrogens (tertiary/aromatic N) is 1. The Hall–Kier alpha value is -1.81. The van der Waals surface area contributed by atoms with Gasteiger partial charge in [0.25, 0.3) is 0 Å². The molecular formula is C16H14BrNO2. The second-order valence-electron chi connectivity index (χ2n) is 4.53. The number of benzene rings is 2. The summed E-state index contributed by atoms with van der Waals surface area (Å²) in [6.07, 6.45) is 1.02. The topological polar surface area (TPSA) is 35.3 Å². The van der Waals surface area contributed by atoms with Crippen molar-refractivity contribution in [2.45, 2.75) is 13.3 Å². The van der Waals surface area contributed by atoms with Crippen molar-refractivity contribution < 1.29 is 9.15 Å². The van der Waals surface area contributed by atoms with Gasteiger partial charge in [0.15, 0.2) is 5.58 Å². The van der Waals surface area contributed by atoms with Gasteiger partial charge in [-0.2, -0.15) is 0 Å². The summed E-state index contributed by atoms with van der Waals surface area (Å²) in [6, 6.07) is 12.0. The van der Waals surface area contributed by atoms with Crippen molar-refractivity contribution in [3.63, 3.8) is 0 Å². The van der Waals surface area contributed by atoms with Crippen molar-refractivity contribution in [1.82, 2.24) is 4.98 Å². The molecule has 0 aliphatic rings. The van der Waals surface area contributed by atoms with Crippen LogP contribution in [0.1, 0.15) is 12.5 Å². The molecule has 0 bridgehead atoms. The molecule has 0 aliphatic heterocycles. The Morgan fingerprint density at radius 3 is 2.60 bits per heavy atom. The first-order valence-corrected chi connectivity index (χ1v) is 7.24. The summed E-state index contributed by atoms with van der Waals surface area (Å²) in [7, 11) is 1.64. The van der Waals surface area contributed by atoms with E-state index < -0.39 is 0 Å². The molecule has 0 unspecified atom stereocenters. The van der Waals surface area contributed by atoms with E-state index in [9.17, 15) is 0 Å². The molecule has 0 fully saturated rings. The molecule has 0 spiro atoms. The van der Waals surface area contributed by atoms with Crippen LogP contribution >= 0.6 is 15.9 Å². The van der Waals surface area contributed by atoms with Crippen molar-refractivity contribution in [3.8, 4) is 17.2 Å². The summed E-state index contributed by atoms with van der Waals surface area (Å²) >= 11 is 3.48. The fraction of sp³-hybridized carbons (Fsp3) is 0.188. The van der Waals surface area contributed by atoms with Gasteiger partial charge in [0.2, 0.25) is 5.89 Å². The number of aryl methyl sites for hydroxylation is 1. The van der Waals surface area contributed by atoms with E-state index in [-0.39, 0.29) is 0 Å². The van der Waals surface area contributed by atoms with Gasteiger partial charge in [-0.25, -0.2) is 4.98 Å². The van der Waals surface area contributed by atoms with Gasteiger partial charge in [-0.15, -0.1) is 0 Å². The van der Waals surface area contributed by atoms with E-state index in [0.717, 1.165) is 33.3 Å². The third-order valence-electron chi connectivity index (χ3n) is 3.26. The van der Waals surface area contributed by atoms with Gasteiger partial charge in [0, 0.05) is 11.6 Å². The fourth-order valence-electron chi connectivity index (χ4n) is 2.09. The van der Waals surface area contributed by atoms with Crippen LogP contribution < -0.4 is 4.74 Å². The lowest BCUT2D eigenvalue weighted by Crippen LogP contribution is -1.82. The molecule has 4 heteroatoms. The maximum atomic E-state index is 5.84. The zero-order chi connectivity index (χ0) is 14.1. The number of aromatic nitrogens is 1. The third-order valence-corrected chi connectivity index (χ3v) is 3.85. The Labute approximate surface area is 125 Å². The first-order valence-electron chi connectivity index (χ1n) is 6.44. The van der Waals surface area contributed by atoms with Gasteiger partial charge in [-0.05, 0) is 46.1 Å². The van der Waals surface area contributed by atoms with Crippen LogP contribution in [0.2, 0.25) is 0 Å². The second kappa shape index (κ2) is 5.29. The molecule has 20 heavy (non-hydrogen) atoms. The normalized spacial score (nSPS) is 10.9. The lowest BCUT2D eigenvalue weighted by atomic mass is 10.1. The summed E-state index contributed by atoms with van der Waals surface area (Å²) in [5.74, 6) is 1.38. The molecule has 3 nitrogen and oxygen atoms in total. The number of oxazole rings is 1. The molecule has 0 saturated carbocycles. The quantitative estimate of drug-likeness (QED) is 0.689. The lowest BCUT2D eigenvalue weighted by molar-refractivity contribution is 0.415. The number of fused-ring (bicyclic) bond motifs is 1. The van der Waals surface area contributed by atoms with E-state index in [1.165, 1.54) is 5.56 Å². The minimum atomic E-state index is 0.622. The molecule has 1 heterocycles. The average Bonchev–Trinajstić information content (AvgIpc) is 2.92. The molecule has 0 N–H and O–H groups in total. The Morgan fingerprint density at radius 1 is 1.20 bits per heavy atom. The minimum absolute atomic E-state index is 0.622. The van der Waals surface area contributed by atoms with Crippen LogP contribution in [0.4, 0.5) is 0 Å². The Balaban J connectivity index is 2.09. The minimum Gasteiger partial charge on any atom is -0.497 e. The largest absolute Gasteiger partial charge is 0.497 e. The highest BCUT2D eigenvalue weighted by molar-refractivity contribution is 9.10. The molecule has 2 aromatic carbocycles. The summed E-state index contributed by atoms with van der Waals surface area (Å²) in [5, 5.41) is 0. The molecule has 0 saturated heterocycles. The van der Waals surface area contributed by atoms with Crippen LogP contribution in [0.3, 0.4) is 0 Å². The summed E-state index contributed by atoms with van der Waals surface area (Å²) in [4.78, 5) is 4.53. The number of methoxy groups -OCH3 is 1. The van der Waals surface area contributed by atoms with Gasteiger partial charge >= 0.3 is 0 Å². The van der Waals surface area contributed by atoms with E-state index in [0.29, 0.717) is 5.89 Å². The SMILES string of the molecule is CCc1ccc(-c2nc3cc(OC)cc(Br)c3o2)cc1. The maximum absolute atomic E-state index is 5.84. The molecule has 0 atom stereocenters. The van der Waals surface area contributed by atoms with Crippen molar-refractivity contribution >= 4 is 27.0 Å². The van der Waals surface area contributed by atoms with Gasteiger partial charge in [-0.1, -0.05) is 19.1 Å². The molecule has 102 valence electrons. The zero-order valence-electron chi connectivity index (χ0n) is 11.3. The van der Waals surface area contributed by atoms with Gasteiger partial charge < -0.3 is 9.15 Å². The Morgan fingerprint density at radius 2 is 1.95 bits per heavy atom. The van der Waals surface area contributed by atoms with Crippen LogP contribution in [0.5, 0.6) is 5.75 Å². The summed E-state index contributed by atoms with van der Waals surface area (Å²) < 4.78 is 11.9. The van der Waals surface area contributed by atoms with E-state index >= 15 is 0 Å². The van der Waals surface area contributed by atoms with E-state index in [1.54, 1.807) is 7.11 Å². The van der Waals surface area contributed by atoms with Gasteiger partial charge in [-0.3, -0.25) is 0 Å². The van der Waals surface area contributed by atoms with Crippen molar-refractivity contribution in [1.29, 1.82) is 0 Å². The molecule has 1 aromatic heterocycles. The zero-order valence-corrected chi connectivity index (χ0v) is 12.9. The maximum Gasteiger partial charge on any atom is 0.227 e. The van der Waals surface area contributed by atoms with E-state index in [1.807, 2.05) is 24.3 Å². The number of ether oxygens (including phenoxy) is 1. The van der Waals surface area contributed by atoms with Crippen LogP contribution in [0, 0.1) is 0 Å². The molecule has 0 radical (unpaired) electrons. The number of rotatable bonds is 3. The predicted octanol–water partition coefficient (Wildman–Crippen LogP) is 4.83. The fourth-order valence-corrected chi connectivity index (χ4v) is 2.60. The molecule has 3 rings (SSSR count). The Bertz CT molecular complexity index is 747. The molecule has 3 aromatic rings. The first kappa shape index (κ1) is 13.2. The highest BCUT2D eigenvalue weighted by atomic mass is 79.9. The summed E-state index contributed by atoms with van der Waals surface area (Å²) in [5.41, 5.74) is 3.79. The average molecular weight is 332 g/mol. The molecule has 0 amide bonds. The van der Waals surface area contributed by atoms with Crippen LogP contribution in [-0.2, 0) is 6.42 Å². The monoisotopic (exact) mass is 331 g/mol. The van der Waals surface area contributed by atoms with E-state index in [4.69, 9.17) is 9.15 Å². The highest BCUT2D eigenvalue weighted by Gasteiger charge is 2.12. The third kappa shape index (κ3) is 2.31. The Kier molecular flexibility index (Phi) is 3.49.